The van der Waals surface area contributed by atoms with Crippen molar-refractivity contribution in [2.24, 2.45) is 0 Å². The van der Waals surface area contributed by atoms with Gasteiger partial charge in [-0.05, 0) is 22.9 Å². The SMILES string of the molecule is CC(C)(C)c1[nH]nc2cc3ccccc3cc12. The van der Waals surface area contributed by atoms with E-state index in [0.717, 1.165) is 5.52 Å². The average molecular weight is 224 g/mol. The summed E-state index contributed by atoms with van der Waals surface area (Å²) in [6.45, 7) is 6.61. The van der Waals surface area contributed by atoms with Gasteiger partial charge in [0.05, 0.1) is 5.52 Å². The molecule has 2 aromatic carbocycles. The van der Waals surface area contributed by atoms with Gasteiger partial charge < -0.3 is 0 Å². The van der Waals surface area contributed by atoms with Crippen LogP contribution in [0.15, 0.2) is 36.4 Å². The highest BCUT2D eigenvalue weighted by Crippen LogP contribution is 2.30. The van der Waals surface area contributed by atoms with Gasteiger partial charge in [-0.1, -0.05) is 45.0 Å². The van der Waals surface area contributed by atoms with Crippen molar-refractivity contribution in [1.29, 1.82) is 0 Å². The fourth-order valence-corrected chi connectivity index (χ4v) is 2.27. The van der Waals surface area contributed by atoms with E-state index in [9.17, 15) is 0 Å². The molecule has 0 aliphatic heterocycles. The van der Waals surface area contributed by atoms with Crippen molar-refractivity contribution >= 4 is 21.7 Å². The molecule has 1 heterocycles. The van der Waals surface area contributed by atoms with Crippen molar-refractivity contribution in [3.05, 3.63) is 42.1 Å². The third-order valence-corrected chi connectivity index (χ3v) is 3.17. The Labute approximate surface area is 101 Å². The number of fused-ring (bicyclic) bond motifs is 2. The number of aromatic nitrogens is 2. The van der Waals surface area contributed by atoms with E-state index in [2.05, 4.69) is 67.4 Å². The van der Waals surface area contributed by atoms with E-state index in [1.165, 1.54) is 21.9 Å². The van der Waals surface area contributed by atoms with E-state index in [-0.39, 0.29) is 5.41 Å². The molecule has 1 N–H and O–H groups in total. The average Bonchev–Trinajstić information content (AvgIpc) is 2.68. The predicted molar refractivity (Wildman–Crippen MR) is 72.3 cm³/mol. The number of hydrogen-bond acceptors (Lipinski definition) is 1. The van der Waals surface area contributed by atoms with Crippen molar-refractivity contribution in [2.75, 3.05) is 0 Å². The lowest BCUT2D eigenvalue weighted by molar-refractivity contribution is 0.571. The summed E-state index contributed by atoms with van der Waals surface area (Å²) in [6, 6.07) is 12.8. The van der Waals surface area contributed by atoms with Crippen LogP contribution in [0.3, 0.4) is 0 Å². The smallest absolute Gasteiger partial charge is 0.0930 e. The molecule has 0 amide bonds. The quantitative estimate of drug-likeness (QED) is 0.614. The maximum atomic E-state index is 4.41. The second-order valence-corrected chi connectivity index (χ2v) is 5.57. The van der Waals surface area contributed by atoms with Crippen molar-refractivity contribution in [3.8, 4) is 0 Å². The molecule has 0 radical (unpaired) electrons. The number of benzene rings is 2. The van der Waals surface area contributed by atoms with E-state index in [0.29, 0.717) is 0 Å². The Balaban J connectivity index is 2.39. The molecule has 2 heteroatoms. The van der Waals surface area contributed by atoms with Gasteiger partial charge in [0.15, 0.2) is 0 Å². The highest BCUT2D eigenvalue weighted by atomic mass is 15.1. The highest BCUT2D eigenvalue weighted by Gasteiger charge is 2.19. The van der Waals surface area contributed by atoms with E-state index >= 15 is 0 Å². The summed E-state index contributed by atoms with van der Waals surface area (Å²) < 4.78 is 0. The third kappa shape index (κ3) is 1.60. The molecule has 0 saturated heterocycles. The molecule has 0 aliphatic carbocycles. The topological polar surface area (TPSA) is 28.7 Å². The highest BCUT2D eigenvalue weighted by molar-refractivity contribution is 5.97. The zero-order chi connectivity index (χ0) is 12.0. The van der Waals surface area contributed by atoms with Crippen LogP contribution in [0, 0.1) is 0 Å². The summed E-state index contributed by atoms with van der Waals surface area (Å²) in [5.41, 5.74) is 2.35. The maximum absolute atomic E-state index is 4.41. The minimum atomic E-state index is 0.0945. The Morgan fingerprint density at radius 3 is 2.29 bits per heavy atom. The molecule has 2 nitrogen and oxygen atoms in total. The van der Waals surface area contributed by atoms with Crippen LogP contribution < -0.4 is 0 Å². The zero-order valence-electron chi connectivity index (χ0n) is 10.4. The number of nitrogens with zero attached hydrogens (tertiary/aromatic N) is 1. The van der Waals surface area contributed by atoms with Gasteiger partial charge in [-0.25, -0.2) is 0 Å². The Kier molecular flexibility index (Phi) is 2.02. The third-order valence-electron chi connectivity index (χ3n) is 3.17. The lowest BCUT2D eigenvalue weighted by Crippen LogP contribution is -2.11. The van der Waals surface area contributed by atoms with E-state index in [4.69, 9.17) is 0 Å². The molecule has 0 fully saturated rings. The molecule has 3 aromatic rings. The van der Waals surface area contributed by atoms with Gasteiger partial charge in [-0.3, -0.25) is 5.10 Å². The van der Waals surface area contributed by atoms with Crippen LogP contribution in [0.25, 0.3) is 21.7 Å². The van der Waals surface area contributed by atoms with Crippen LogP contribution >= 0.6 is 0 Å². The first-order valence-corrected chi connectivity index (χ1v) is 5.93. The van der Waals surface area contributed by atoms with Crippen molar-refractivity contribution < 1.29 is 0 Å². The number of rotatable bonds is 0. The Hall–Kier alpha value is -1.83. The molecule has 17 heavy (non-hydrogen) atoms. The summed E-state index contributed by atoms with van der Waals surface area (Å²) in [7, 11) is 0. The molecule has 0 bridgehead atoms. The standard InChI is InChI=1S/C15H16N2/c1-15(2,3)14-12-8-10-6-4-5-7-11(10)9-13(12)16-17-14/h4-9H,1-3H3,(H,16,17). The molecule has 0 atom stereocenters. The molecule has 86 valence electrons. The molecule has 0 spiro atoms. The van der Waals surface area contributed by atoms with Crippen LogP contribution in [-0.2, 0) is 5.41 Å². The summed E-state index contributed by atoms with van der Waals surface area (Å²) >= 11 is 0. The summed E-state index contributed by atoms with van der Waals surface area (Å²) in [6.07, 6.45) is 0. The first-order chi connectivity index (χ1) is 8.05. The fourth-order valence-electron chi connectivity index (χ4n) is 2.27. The molecular formula is C15H16N2. The molecular weight excluding hydrogens is 208 g/mol. The minimum Gasteiger partial charge on any atom is -0.281 e. The Morgan fingerprint density at radius 1 is 1.00 bits per heavy atom. The van der Waals surface area contributed by atoms with E-state index in [1.807, 2.05) is 0 Å². The lowest BCUT2D eigenvalue weighted by atomic mass is 9.89. The van der Waals surface area contributed by atoms with Crippen molar-refractivity contribution in [1.82, 2.24) is 10.2 Å². The van der Waals surface area contributed by atoms with Gasteiger partial charge in [-0.15, -0.1) is 0 Å². The molecule has 0 aliphatic rings. The van der Waals surface area contributed by atoms with Crippen molar-refractivity contribution in [2.45, 2.75) is 26.2 Å². The monoisotopic (exact) mass is 224 g/mol. The zero-order valence-corrected chi connectivity index (χ0v) is 10.4. The number of H-pyrrole nitrogens is 1. The van der Waals surface area contributed by atoms with E-state index in [1.54, 1.807) is 0 Å². The fraction of sp³-hybridized carbons (Fsp3) is 0.267. The van der Waals surface area contributed by atoms with Crippen molar-refractivity contribution in [3.63, 3.8) is 0 Å². The number of hydrogen-bond donors (Lipinski definition) is 1. The van der Waals surface area contributed by atoms with Gasteiger partial charge in [0.1, 0.15) is 0 Å². The molecule has 0 unspecified atom stereocenters. The first-order valence-electron chi connectivity index (χ1n) is 5.93. The second-order valence-electron chi connectivity index (χ2n) is 5.57. The van der Waals surface area contributed by atoms with Gasteiger partial charge in [0.2, 0.25) is 0 Å². The summed E-state index contributed by atoms with van der Waals surface area (Å²) in [5, 5.41) is 11.3. The minimum absolute atomic E-state index is 0.0945. The summed E-state index contributed by atoms with van der Waals surface area (Å²) in [5.74, 6) is 0. The van der Waals surface area contributed by atoms with Crippen LogP contribution in [-0.4, -0.2) is 10.2 Å². The summed E-state index contributed by atoms with van der Waals surface area (Å²) in [4.78, 5) is 0. The van der Waals surface area contributed by atoms with Crippen LogP contribution in [0.4, 0.5) is 0 Å². The van der Waals surface area contributed by atoms with Crippen LogP contribution in [0.5, 0.6) is 0 Å². The maximum Gasteiger partial charge on any atom is 0.0930 e. The molecule has 1 aromatic heterocycles. The number of aromatic amines is 1. The lowest BCUT2D eigenvalue weighted by Gasteiger charge is -2.16. The van der Waals surface area contributed by atoms with Gasteiger partial charge in [0, 0.05) is 16.5 Å². The normalized spacial score (nSPS) is 12.4. The predicted octanol–water partition coefficient (Wildman–Crippen LogP) is 4.01. The van der Waals surface area contributed by atoms with Gasteiger partial charge in [0.25, 0.3) is 0 Å². The van der Waals surface area contributed by atoms with Crippen LogP contribution in [0.1, 0.15) is 26.5 Å². The van der Waals surface area contributed by atoms with Crippen LogP contribution in [0.2, 0.25) is 0 Å². The number of nitrogens with one attached hydrogen (secondary N) is 1. The Bertz CT molecular complexity index is 687. The largest absolute Gasteiger partial charge is 0.281 e. The van der Waals surface area contributed by atoms with Gasteiger partial charge in [-0.2, -0.15) is 5.10 Å². The second kappa shape index (κ2) is 3.33. The first kappa shape index (κ1) is 10.3. The van der Waals surface area contributed by atoms with E-state index < -0.39 is 0 Å². The van der Waals surface area contributed by atoms with Gasteiger partial charge >= 0.3 is 0 Å². The molecule has 3 rings (SSSR count). The Morgan fingerprint density at radius 2 is 1.65 bits per heavy atom. The molecule has 0 saturated carbocycles.